The van der Waals surface area contributed by atoms with Gasteiger partial charge in [0, 0.05) is 0 Å². The first-order chi connectivity index (χ1) is 9.79. The van der Waals surface area contributed by atoms with Gasteiger partial charge >= 0.3 is 0 Å². The van der Waals surface area contributed by atoms with E-state index in [4.69, 9.17) is 0 Å². The van der Waals surface area contributed by atoms with E-state index in [1.807, 2.05) is 6.07 Å². The Kier molecular flexibility index (Phi) is 2.54. The molecule has 96 valence electrons. The van der Waals surface area contributed by atoms with E-state index in [2.05, 4.69) is 64.5 Å². The molecule has 0 spiro atoms. The second kappa shape index (κ2) is 4.29. The zero-order chi connectivity index (χ0) is 13.7. The molecule has 20 heavy (non-hydrogen) atoms. The van der Waals surface area contributed by atoms with Crippen LogP contribution in [0.5, 0.6) is 0 Å². The maximum absolute atomic E-state index is 11.1. The molecule has 0 N–H and O–H groups in total. The molecule has 0 saturated carbocycles. The monoisotopic (exact) mass is 322 g/mol. The zero-order valence-electron chi connectivity index (χ0n) is 10.6. The third-order valence-corrected chi connectivity index (χ3v) is 4.69. The smallest absolute Gasteiger partial charge is 0.138 e. The molecule has 0 heterocycles. The summed E-state index contributed by atoms with van der Waals surface area (Å²) in [5.74, 6) is 0. The summed E-state index contributed by atoms with van der Waals surface area (Å²) in [7, 11) is 0. The van der Waals surface area contributed by atoms with Crippen LogP contribution in [0.2, 0.25) is 0 Å². The highest BCUT2D eigenvalue weighted by Crippen LogP contribution is 2.38. The Morgan fingerprint density at radius 2 is 1.40 bits per heavy atom. The minimum absolute atomic E-state index is 0.257. The lowest BCUT2D eigenvalue weighted by Gasteiger charge is -2.14. The summed E-state index contributed by atoms with van der Waals surface area (Å²) in [6.45, 7) is 0. The van der Waals surface area contributed by atoms with Crippen molar-refractivity contribution >= 4 is 54.5 Å². The first-order valence-corrected chi connectivity index (χ1v) is 7.47. The highest BCUT2D eigenvalue weighted by atomic mass is 79.9. The van der Waals surface area contributed by atoms with Gasteiger partial charge in [0.15, 0.2) is 0 Å². The summed E-state index contributed by atoms with van der Waals surface area (Å²) in [5.41, 5.74) is 1.03. The zero-order valence-corrected chi connectivity index (χ0v) is 12.2. The fourth-order valence-corrected chi connectivity index (χ4v) is 3.47. The first-order valence-electron chi connectivity index (χ1n) is 6.55. The van der Waals surface area contributed by atoms with Crippen molar-refractivity contribution in [1.29, 1.82) is 0 Å². The molecule has 4 aromatic rings. The predicted octanol–water partition coefficient (Wildman–Crippen LogP) is 5.22. The molecule has 4 aromatic carbocycles. The second-order valence-electron chi connectivity index (χ2n) is 5.05. The van der Waals surface area contributed by atoms with Crippen molar-refractivity contribution in [1.82, 2.24) is 0 Å². The topological polar surface area (TPSA) is 17.1 Å². The summed E-state index contributed by atoms with van der Waals surface area (Å²) >= 11 is 3.45. The number of rotatable bonds is 2. The molecule has 0 aliphatic carbocycles. The van der Waals surface area contributed by atoms with Crippen LogP contribution in [0.1, 0.15) is 10.4 Å². The van der Waals surface area contributed by atoms with Crippen LogP contribution in [-0.4, -0.2) is 6.29 Å². The van der Waals surface area contributed by atoms with Gasteiger partial charge in [0.05, 0.1) is 4.83 Å². The van der Waals surface area contributed by atoms with Gasteiger partial charge in [-0.15, -0.1) is 0 Å². The van der Waals surface area contributed by atoms with Crippen LogP contribution in [-0.2, 0) is 4.79 Å². The van der Waals surface area contributed by atoms with Crippen LogP contribution < -0.4 is 0 Å². The van der Waals surface area contributed by atoms with E-state index in [1.165, 1.54) is 26.9 Å². The van der Waals surface area contributed by atoms with Crippen LogP contribution in [0.15, 0.2) is 54.6 Å². The highest BCUT2D eigenvalue weighted by Gasteiger charge is 2.14. The van der Waals surface area contributed by atoms with Gasteiger partial charge in [-0.2, -0.15) is 0 Å². The van der Waals surface area contributed by atoms with Crippen molar-refractivity contribution in [2.75, 3.05) is 0 Å². The Bertz CT molecular complexity index is 926. The number of hydrogen-bond acceptors (Lipinski definition) is 1. The van der Waals surface area contributed by atoms with E-state index in [-0.39, 0.29) is 4.83 Å². The maximum atomic E-state index is 11.1. The van der Waals surface area contributed by atoms with Crippen molar-refractivity contribution in [2.24, 2.45) is 0 Å². The SMILES string of the molecule is O=CC(Br)c1ccc2ccc3cccc4ccc1c2c34. The van der Waals surface area contributed by atoms with Crippen LogP contribution in [0.25, 0.3) is 32.3 Å². The Balaban J connectivity index is 2.29. The normalized spacial score (nSPS) is 13.2. The van der Waals surface area contributed by atoms with E-state index in [0.29, 0.717) is 0 Å². The third kappa shape index (κ3) is 1.52. The molecule has 0 radical (unpaired) electrons. The van der Waals surface area contributed by atoms with Gasteiger partial charge in [-0.25, -0.2) is 0 Å². The Morgan fingerprint density at radius 3 is 2.10 bits per heavy atom. The van der Waals surface area contributed by atoms with E-state index in [0.717, 1.165) is 17.2 Å². The lowest BCUT2D eigenvalue weighted by molar-refractivity contribution is -0.107. The summed E-state index contributed by atoms with van der Waals surface area (Å²) in [6.07, 6.45) is 0.937. The van der Waals surface area contributed by atoms with Crippen LogP contribution >= 0.6 is 15.9 Å². The van der Waals surface area contributed by atoms with E-state index >= 15 is 0 Å². The van der Waals surface area contributed by atoms with Crippen molar-refractivity contribution < 1.29 is 4.79 Å². The molecule has 1 nitrogen and oxygen atoms in total. The number of benzene rings is 4. The number of halogens is 1. The summed E-state index contributed by atoms with van der Waals surface area (Å²) in [5, 5.41) is 7.41. The largest absolute Gasteiger partial charge is 0.302 e. The molecule has 0 bridgehead atoms. The molecule has 1 atom stereocenters. The molecule has 2 heteroatoms. The fourth-order valence-electron chi connectivity index (χ4n) is 3.07. The standard InChI is InChI=1S/C18H11BrO/c19-16(10-20)14-8-6-13-5-4-11-2-1-3-12-7-9-15(14)18(13)17(11)12/h1-10,16H. The number of aldehydes is 1. The van der Waals surface area contributed by atoms with E-state index in [1.54, 1.807) is 0 Å². The maximum Gasteiger partial charge on any atom is 0.138 e. The van der Waals surface area contributed by atoms with Crippen molar-refractivity contribution in [3.8, 4) is 0 Å². The van der Waals surface area contributed by atoms with Crippen LogP contribution in [0.4, 0.5) is 0 Å². The van der Waals surface area contributed by atoms with Crippen molar-refractivity contribution in [3.05, 3.63) is 60.2 Å². The molecule has 0 fully saturated rings. The van der Waals surface area contributed by atoms with Crippen molar-refractivity contribution in [3.63, 3.8) is 0 Å². The molecular weight excluding hydrogens is 312 g/mol. The van der Waals surface area contributed by atoms with E-state index in [9.17, 15) is 4.79 Å². The first kappa shape index (κ1) is 11.9. The molecule has 0 amide bonds. The summed E-state index contributed by atoms with van der Waals surface area (Å²) < 4.78 is 0. The molecule has 0 aliphatic rings. The minimum Gasteiger partial charge on any atom is -0.302 e. The lowest BCUT2D eigenvalue weighted by Crippen LogP contribution is -1.94. The molecule has 0 aromatic heterocycles. The van der Waals surface area contributed by atoms with Crippen LogP contribution in [0, 0.1) is 0 Å². The number of alkyl halides is 1. The Hall–Kier alpha value is -1.93. The van der Waals surface area contributed by atoms with Crippen molar-refractivity contribution in [2.45, 2.75) is 4.83 Å². The lowest BCUT2D eigenvalue weighted by atomic mass is 9.91. The molecule has 0 aliphatic heterocycles. The number of hydrogen-bond donors (Lipinski definition) is 0. The predicted molar refractivity (Wildman–Crippen MR) is 87.9 cm³/mol. The van der Waals surface area contributed by atoms with Gasteiger partial charge in [-0.3, -0.25) is 0 Å². The van der Waals surface area contributed by atoms with Gasteiger partial charge < -0.3 is 4.79 Å². The second-order valence-corrected chi connectivity index (χ2v) is 6.04. The highest BCUT2D eigenvalue weighted by molar-refractivity contribution is 9.09. The van der Waals surface area contributed by atoms with Gasteiger partial charge in [-0.1, -0.05) is 70.5 Å². The number of carbonyl (C=O) groups is 1. The quantitative estimate of drug-likeness (QED) is 0.281. The molecule has 1 unspecified atom stereocenters. The van der Waals surface area contributed by atoms with Gasteiger partial charge in [0.1, 0.15) is 6.29 Å². The van der Waals surface area contributed by atoms with E-state index < -0.39 is 0 Å². The molecule has 0 saturated heterocycles. The van der Waals surface area contributed by atoms with Gasteiger partial charge in [0.25, 0.3) is 0 Å². The Morgan fingerprint density at radius 1 is 0.800 bits per heavy atom. The Labute approximate surface area is 124 Å². The average Bonchev–Trinajstić information content (AvgIpc) is 2.51. The summed E-state index contributed by atoms with van der Waals surface area (Å²) in [4.78, 5) is 10.9. The molecule has 4 rings (SSSR count). The molecular formula is C18H11BrO. The summed E-state index contributed by atoms with van der Waals surface area (Å²) in [6, 6.07) is 19.1. The third-order valence-electron chi connectivity index (χ3n) is 3.98. The van der Waals surface area contributed by atoms with Gasteiger partial charge in [0.2, 0.25) is 0 Å². The minimum atomic E-state index is -0.257. The average molecular weight is 323 g/mol. The van der Waals surface area contributed by atoms with Crippen LogP contribution in [0.3, 0.4) is 0 Å². The number of carbonyl (C=O) groups excluding carboxylic acids is 1. The van der Waals surface area contributed by atoms with Gasteiger partial charge in [-0.05, 0) is 37.9 Å². The fraction of sp³-hybridized carbons (Fsp3) is 0.0556.